The maximum Gasteiger partial charge on any atom is 0.0578 e. The molecular weight excluding hydrogens is 217 g/mol. The lowest BCUT2D eigenvalue weighted by Crippen LogP contribution is -2.18. The van der Waals surface area contributed by atoms with E-state index >= 15 is 0 Å². The molecule has 0 heterocycles. The molecular formula is C11H11Cl2N. The molecule has 0 saturated heterocycles. The summed E-state index contributed by atoms with van der Waals surface area (Å²) in [7, 11) is 0. The lowest BCUT2D eigenvalue weighted by atomic mass is 10.1. The van der Waals surface area contributed by atoms with Crippen LogP contribution >= 0.6 is 23.2 Å². The van der Waals surface area contributed by atoms with Crippen molar-refractivity contribution in [2.45, 2.75) is 13.0 Å². The summed E-state index contributed by atoms with van der Waals surface area (Å²) in [5, 5.41) is 4.45. The van der Waals surface area contributed by atoms with E-state index in [0.29, 0.717) is 16.6 Å². The second-order valence-corrected chi connectivity index (χ2v) is 3.82. The van der Waals surface area contributed by atoms with Crippen LogP contribution < -0.4 is 5.32 Å². The highest BCUT2D eigenvalue weighted by Gasteiger charge is 2.08. The van der Waals surface area contributed by atoms with Crippen molar-refractivity contribution >= 4 is 23.2 Å². The van der Waals surface area contributed by atoms with Crippen LogP contribution in [0.4, 0.5) is 0 Å². The van der Waals surface area contributed by atoms with Gasteiger partial charge in [-0.3, -0.25) is 5.32 Å². The van der Waals surface area contributed by atoms with Crippen LogP contribution in [0.3, 0.4) is 0 Å². The van der Waals surface area contributed by atoms with E-state index in [4.69, 9.17) is 29.6 Å². The summed E-state index contributed by atoms with van der Waals surface area (Å²) >= 11 is 11.8. The molecule has 0 amide bonds. The zero-order valence-electron chi connectivity index (χ0n) is 7.85. The maximum atomic E-state index is 6.03. The van der Waals surface area contributed by atoms with Crippen molar-refractivity contribution in [3.8, 4) is 12.3 Å². The molecule has 14 heavy (non-hydrogen) atoms. The summed E-state index contributed by atoms with van der Waals surface area (Å²) in [5.41, 5.74) is 1.01. The Kier molecular flexibility index (Phi) is 4.28. The summed E-state index contributed by atoms with van der Waals surface area (Å²) in [6, 6.07) is 5.58. The molecule has 0 saturated carbocycles. The highest BCUT2D eigenvalue weighted by molar-refractivity contribution is 6.35. The zero-order valence-corrected chi connectivity index (χ0v) is 9.36. The molecule has 0 aliphatic rings. The third-order valence-corrected chi connectivity index (χ3v) is 2.50. The molecule has 0 aromatic heterocycles. The van der Waals surface area contributed by atoms with Gasteiger partial charge in [0.05, 0.1) is 6.54 Å². The SMILES string of the molecule is C#CCNC(C)c1ccc(Cl)cc1Cl. The molecule has 0 aliphatic heterocycles. The number of halogens is 2. The summed E-state index contributed by atoms with van der Waals surface area (Å²) < 4.78 is 0. The van der Waals surface area contributed by atoms with Crippen LogP contribution in [0.15, 0.2) is 18.2 Å². The normalized spacial score (nSPS) is 12.1. The molecule has 1 aromatic carbocycles. The van der Waals surface area contributed by atoms with Gasteiger partial charge in [0.1, 0.15) is 0 Å². The monoisotopic (exact) mass is 227 g/mol. The third kappa shape index (κ3) is 2.92. The van der Waals surface area contributed by atoms with Crippen molar-refractivity contribution in [1.29, 1.82) is 0 Å². The predicted molar refractivity (Wildman–Crippen MR) is 61.7 cm³/mol. The van der Waals surface area contributed by atoms with Gasteiger partial charge in [0.15, 0.2) is 0 Å². The van der Waals surface area contributed by atoms with Gasteiger partial charge < -0.3 is 0 Å². The van der Waals surface area contributed by atoms with E-state index in [9.17, 15) is 0 Å². The Morgan fingerprint density at radius 2 is 2.21 bits per heavy atom. The van der Waals surface area contributed by atoms with Crippen LogP contribution in [0.1, 0.15) is 18.5 Å². The number of nitrogens with one attached hydrogen (secondary N) is 1. The summed E-state index contributed by atoms with van der Waals surface area (Å²) in [6.45, 7) is 2.53. The molecule has 0 fully saturated rings. The second-order valence-electron chi connectivity index (χ2n) is 2.97. The molecule has 1 unspecified atom stereocenters. The van der Waals surface area contributed by atoms with Crippen LogP contribution in [0.2, 0.25) is 10.0 Å². The summed E-state index contributed by atoms with van der Waals surface area (Å²) in [4.78, 5) is 0. The van der Waals surface area contributed by atoms with Gasteiger partial charge in [0.2, 0.25) is 0 Å². The highest BCUT2D eigenvalue weighted by atomic mass is 35.5. The first-order chi connectivity index (χ1) is 6.65. The number of rotatable bonds is 3. The van der Waals surface area contributed by atoms with E-state index < -0.39 is 0 Å². The van der Waals surface area contributed by atoms with Gasteiger partial charge in [-0.15, -0.1) is 6.42 Å². The second kappa shape index (κ2) is 5.26. The number of hydrogen-bond acceptors (Lipinski definition) is 1. The molecule has 1 aromatic rings. The van der Waals surface area contributed by atoms with Crippen molar-refractivity contribution in [2.75, 3.05) is 6.54 Å². The quantitative estimate of drug-likeness (QED) is 0.783. The molecule has 1 atom stereocenters. The molecule has 0 bridgehead atoms. The molecule has 74 valence electrons. The van der Waals surface area contributed by atoms with E-state index in [1.165, 1.54) is 0 Å². The fraction of sp³-hybridized carbons (Fsp3) is 0.273. The molecule has 0 spiro atoms. The lowest BCUT2D eigenvalue weighted by molar-refractivity contribution is 0.623. The number of terminal acetylenes is 1. The predicted octanol–water partition coefficient (Wildman–Crippen LogP) is 3.28. The Hall–Kier alpha value is -0.680. The van der Waals surface area contributed by atoms with Crippen LogP contribution in [0, 0.1) is 12.3 Å². The fourth-order valence-corrected chi connectivity index (χ4v) is 1.75. The van der Waals surface area contributed by atoms with Crippen LogP contribution in [0.5, 0.6) is 0 Å². The molecule has 1 N–H and O–H groups in total. The van der Waals surface area contributed by atoms with Crippen molar-refractivity contribution in [2.24, 2.45) is 0 Å². The van der Waals surface area contributed by atoms with E-state index in [0.717, 1.165) is 5.56 Å². The number of benzene rings is 1. The topological polar surface area (TPSA) is 12.0 Å². The van der Waals surface area contributed by atoms with Crippen molar-refractivity contribution in [3.05, 3.63) is 33.8 Å². The largest absolute Gasteiger partial charge is 0.300 e. The first kappa shape index (κ1) is 11.4. The molecule has 0 aliphatic carbocycles. The number of hydrogen-bond donors (Lipinski definition) is 1. The first-order valence-corrected chi connectivity index (χ1v) is 5.02. The Morgan fingerprint density at radius 1 is 1.50 bits per heavy atom. The van der Waals surface area contributed by atoms with Crippen LogP contribution in [-0.2, 0) is 0 Å². The minimum absolute atomic E-state index is 0.135. The lowest BCUT2D eigenvalue weighted by Gasteiger charge is -2.13. The smallest absolute Gasteiger partial charge is 0.0578 e. The molecule has 3 heteroatoms. The van der Waals surface area contributed by atoms with Crippen LogP contribution in [-0.4, -0.2) is 6.54 Å². The third-order valence-electron chi connectivity index (χ3n) is 1.94. The molecule has 1 rings (SSSR count). The van der Waals surface area contributed by atoms with E-state index in [1.807, 2.05) is 19.1 Å². The minimum Gasteiger partial charge on any atom is -0.300 e. The molecule has 1 nitrogen and oxygen atoms in total. The fourth-order valence-electron chi connectivity index (χ4n) is 1.17. The van der Waals surface area contributed by atoms with Crippen molar-refractivity contribution in [3.63, 3.8) is 0 Å². The van der Waals surface area contributed by atoms with Crippen LogP contribution in [0.25, 0.3) is 0 Å². The van der Waals surface area contributed by atoms with Gasteiger partial charge in [0, 0.05) is 16.1 Å². The van der Waals surface area contributed by atoms with Crippen molar-refractivity contribution < 1.29 is 0 Å². The van der Waals surface area contributed by atoms with Gasteiger partial charge in [-0.1, -0.05) is 35.2 Å². The van der Waals surface area contributed by atoms with Gasteiger partial charge in [-0.2, -0.15) is 0 Å². The Bertz CT molecular complexity index is 355. The molecule has 0 radical (unpaired) electrons. The Morgan fingerprint density at radius 3 is 2.79 bits per heavy atom. The summed E-state index contributed by atoms with van der Waals surface area (Å²) in [6.07, 6.45) is 5.15. The van der Waals surface area contributed by atoms with E-state index in [-0.39, 0.29) is 6.04 Å². The van der Waals surface area contributed by atoms with Gasteiger partial charge >= 0.3 is 0 Å². The van der Waals surface area contributed by atoms with E-state index in [2.05, 4.69) is 11.2 Å². The van der Waals surface area contributed by atoms with E-state index in [1.54, 1.807) is 6.07 Å². The minimum atomic E-state index is 0.135. The standard InChI is InChI=1S/C11H11Cl2N/c1-3-6-14-8(2)10-5-4-9(12)7-11(10)13/h1,4-5,7-8,14H,6H2,2H3. The average Bonchev–Trinajstić information content (AvgIpc) is 2.14. The Balaban J connectivity index is 2.80. The maximum absolute atomic E-state index is 6.03. The first-order valence-electron chi connectivity index (χ1n) is 4.27. The van der Waals surface area contributed by atoms with Gasteiger partial charge in [0.25, 0.3) is 0 Å². The van der Waals surface area contributed by atoms with Gasteiger partial charge in [-0.25, -0.2) is 0 Å². The van der Waals surface area contributed by atoms with Crippen molar-refractivity contribution in [1.82, 2.24) is 5.32 Å². The highest BCUT2D eigenvalue weighted by Crippen LogP contribution is 2.25. The Labute approximate surface area is 94.4 Å². The summed E-state index contributed by atoms with van der Waals surface area (Å²) in [5.74, 6) is 2.52. The average molecular weight is 228 g/mol. The zero-order chi connectivity index (χ0) is 10.6. The van der Waals surface area contributed by atoms with Gasteiger partial charge in [-0.05, 0) is 24.6 Å².